The maximum Gasteiger partial charge on any atom is 0.226 e. The summed E-state index contributed by atoms with van der Waals surface area (Å²) >= 11 is 0. The van der Waals surface area contributed by atoms with Crippen molar-refractivity contribution in [1.82, 2.24) is 0 Å². The minimum Gasteiger partial charge on any atom is -0.385 e. The zero-order valence-corrected chi connectivity index (χ0v) is 16.2. The monoisotopic (exact) mass is 368 g/mol. The molecule has 0 atom stereocenters. The van der Waals surface area contributed by atoms with E-state index in [9.17, 15) is 9.59 Å². The largest absolute Gasteiger partial charge is 0.385 e. The summed E-state index contributed by atoms with van der Waals surface area (Å²) in [5, 5.41) is 8.81. The first-order valence-electron chi connectivity index (χ1n) is 9.28. The molecule has 0 saturated heterocycles. The van der Waals surface area contributed by atoms with Gasteiger partial charge in [-0.3, -0.25) is 9.59 Å². The van der Waals surface area contributed by atoms with Crippen molar-refractivity contribution in [2.45, 2.75) is 27.2 Å². The SMILES string of the molecule is CCN(CC)c1ccc(NCCC(=O)Nc2ccc(NC(C)=O)cc2)cc1. The molecule has 0 aromatic heterocycles. The Kier molecular flexibility index (Phi) is 7.67. The number of hydrogen-bond donors (Lipinski definition) is 3. The van der Waals surface area contributed by atoms with E-state index in [4.69, 9.17) is 0 Å². The van der Waals surface area contributed by atoms with E-state index in [-0.39, 0.29) is 11.8 Å². The predicted molar refractivity (Wildman–Crippen MR) is 112 cm³/mol. The lowest BCUT2D eigenvalue weighted by Crippen LogP contribution is -2.21. The first-order chi connectivity index (χ1) is 13.0. The van der Waals surface area contributed by atoms with Gasteiger partial charge in [0.15, 0.2) is 0 Å². The number of nitrogens with zero attached hydrogens (tertiary/aromatic N) is 1. The van der Waals surface area contributed by atoms with Crippen LogP contribution in [0.5, 0.6) is 0 Å². The van der Waals surface area contributed by atoms with Crippen LogP contribution in [0.25, 0.3) is 0 Å². The summed E-state index contributed by atoms with van der Waals surface area (Å²) in [7, 11) is 0. The van der Waals surface area contributed by atoms with Crippen molar-refractivity contribution in [3.63, 3.8) is 0 Å². The van der Waals surface area contributed by atoms with Crippen molar-refractivity contribution >= 4 is 34.6 Å². The fraction of sp³-hybridized carbons (Fsp3) is 0.333. The third-order valence-electron chi connectivity index (χ3n) is 4.17. The normalized spacial score (nSPS) is 10.2. The fourth-order valence-electron chi connectivity index (χ4n) is 2.76. The maximum atomic E-state index is 12.1. The van der Waals surface area contributed by atoms with Crippen LogP contribution in [0.1, 0.15) is 27.2 Å². The van der Waals surface area contributed by atoms with Crippen molar-refractivity contribution in [3.05, 3.63) is 48.5 Å². The van der Waals surface area contributed by atoms with Gasteiger partial charge in [0.25, 0.3) is 0 Å². The molecule has 0 fully saturated rings. The Labute approximate surface area is 161 Å². The van der Waals surface area contributed by atoms with Crippen LogP contribution < -0.4 is 20.9 Å². The lowest BCUT2D eigenvalue weighted by molar-refractivity contribution is -0.116. The zero-order chi connectivity index (χ0) is 19.6. The van der Waals surface area contributed by atoms with Crippen molar-refractivity contribution in [2.24, 2.45) is 0 Å². The first kappa shape index (κ1) is 20.3. The molecule has 0 aliphatic rings. The molecule has 0 bridgehead atoms. The Morgan fingerprint density at radius 3 is 1.85 bits per heavy atom. The van der Waals surface area contributed by atoms with Crippen LogP contribution in [0.3, 0.4) is 0 Å². The minimum absolute atomic E-state index is 0.0606. The summed E-state index contributed by atoms with van der Waals surface area (Å²) in [4.78, 5) is 25.3. The van der Waals surface area contributed by atoms with E-state index in [1.807, 2.05) is 12.1 Å². The summed E-state index contributed by atoms with van der Waals surface area (Å²) in [5.41, 5.74) is 3.61. The van der Waals surface area contributed by atoms with Crippen molar-refractivity contribution in [1.29, 1.82) is 0 Å². The van der Waals surface area contributed by atoms with Crippen molar-refractivity contribution in [2.75, 3.05) is 40.5 Å². The molecular weight excluding hydrogens is 340 g/mol. The second-order valence-corrected chi connectivity index (χ2v) is 6.20. The molecule has 0 heterocycles. The van der Waals surface area contributed by atoms with Gasteiger partial charge in [0, 0.05) is 55.7 Å². The van der Waals surface area contributed by atoms with Crippen molar-refractivity contribution < 1.29 is 9.59 Å². The van der Waals surface area contributed by atoms with Gasteiger partial charge >= 0.3 is 0 Å². The molecule has 2 amide bonds. The predicted octanol–water partition coefficient (Wildman–Crippen LogP) is 3.93. The average molecular weight is 368 g/mol. The molecular formula is C21H28N4O2. The molecule has 2 aromatic rings. The van der Waals surface area contributed by atoms with Crippen molar-refractivity contribution in [3.8, 4) is 0 Å². The van der Waals surface area contributed by atoms with Gasteiger partial charge in [-0.25, -0.2) is 0 Å². The van der Waals surface area contributed by atoms with Gasteiger partial charge in [0.1, 0.15) is 0 Å². The highest BCUT2D eigenvalue weighted by Crippen LogP contribution is 2.18. The molecule has 6 nitrogen and oxygen atoms in total. The summed E-state index contributed by atoms with van der Waals surface area (Å²) < 4.78 is 0. The number of nitrogens with one attached hydrogen (secondary N) is 3. The highest BCUT2D eigenvalue weighted by molar-refractivity contribution is 5.92. The van der Waals surface area contributed by atoms with Gasteiger partial charge in [-0.2, -0.15) is 0 Å². The molecule has 0 unspecified atom stereocenters. The second-order valence-electron chi connectivity index (χ2n) is 6.20. The average Bonchev–Trinajstić information content (AvgIpc) is 2.65. The van der Waals surface area contributed by atoms with Crippen LogP contribution >= 0.6 is 0 Å². The number of amides is 2. The lowest BCUT2D eigenvalue weighted by Gasteiger charge is -2.21. The molecule has 144 valence electrons. The van der Waals surface area contributed by atoms with E-state index >= 15 is 0 Å². The number of carbonyl (C=O) groups is 2. The smallest absolute Gasteiger partial charge is 0.226 e. The third-order valence-corrected chi connectivity index (χ3v) is 4.17. The Morgan fingerprint density at radius 1 is 0.815 bits per heavy atom. The zero-order valence-electron chi connectivity index (χ0n) is 16.2. The summed E-state index contributed by atoms with van der Waals surface area (Å²) in [5.74, 6) is -0.183. The van der Waals surface area contributed by atoms with Gasteiger partial charge in [0.05, 0.1) is 0 Å². The summed E-state index contributed by atoms with van der Waals surface area (Å²) in [6.45, 7) is 8.26. The van der Waals surface area contributed by atoms with E-state index < -0.39 is 0 Å². The van der Waals surface area contributed by atoms with Crippen LogP contribution in [0, 0.1) is 0 Å². The maximum absolute atomic E-state index is 12.1. The van der Waals surface area contributed by atoms with E-state index in [1.54, 1.807) is 24.3 Å². The molecule has 0 aliphatic heterocycles. The topological polar surface area (TPSA) is 73.5 Å². The van der Waals surface area contributed by atoms with Crippen LogP contribution in [0.2, 0.25) is 0 Å². The van der Waals surface area contributed by atoms with Gasteiger partial charge < -0.3 is 20.9 Å². The number of rotatable bonds is 9. The highest BCUT2D eigenvalue weighted by atomic mass is 16.2. The summed E-state index contributed by atoms with van der Waals surface area (Å²) in [6, 6.07) is 15.3. The molecule has 0 saturated carbocycles. The highest BCUT2D eigenvalue weighted by Gasteiger charge is 2.04. The molecule has 0 radical (unpaired) electrons. The molecule has 0 spiro atoms. The summed E-state index contributed by atoms with van der Waals surface area (Å²) in [6.07, 6.45) is 0.366. The first-order valence-corrected chi connectivity index (χ1v) is 9.28. The Balaban J connectivity index is 1.76. The van der Waals surface area contributed by atoms with E-state index in [0.29, 0.717) is 24.3 Å². The van der Waals surface area contributed by atoms with Crippen LogP contribution in [-0.2, 0) is 9.59 Å². The van der Waals surface area contributed by atoms with Crippen LogP contribution in [-0.4, -0.2) is 31.4 Å². The van der Waals surface area contributed by atoms with Gasteiger partial charge in [-0.15, -0.1) is 0 Å². The van der Waals surface area contributed by atoms with Gasteiger partial charge in [-0.1, -0.05) is 0 Å². The Hall–Kier alpha value is -3.02. The quantitative estimate of drug-likeness (QED) is 0.627. The van der Waals surface area contributed by atoms with Crippen LogP contribution in [0.4, 0.5) is 22.7 Å². The van der Waals surface area contributed by atoms with Gasteiger partial charge in [0.2, 0.25) is 11.8 Å². The standard InChI is InChI=1S/C21H28N4O2/c1-4-25(5-2)20-12-10-17(11-13-20)22-15-14-21(27)24-19-8-6-18(7-9-19)23-16(3)26/h6-13,22H,4-5,14-15H2,1-3H3,(H,23,26)(H,24,27). The molecule has 2 rings (SSSR count). The molecule has 27 heavy (non-hydrogen) atoms. The Bertz CT molecular complexity index is 738. The molecule has 2 aromatic carbocycles. The number of anilines is 4. The van der Waals surface area contributed by atoms with Crippen LogP contribution in [0.15, 0.2) is 48.5 Å². The Morgan fingerprint density at radius 2 is 1.33 bits per heavy atom. The fourth-order valence-corrected chi connectivity index (χ4v) is 2.76. The molecule has 6 heteroatoms. The van der Waals surface area contributed by atoms with E-state index in [0.717, 1.165) is 18.8 Å². The lowest BCUT2D eigenvalue weighted by atomic mass is 10.2. The second kappa shape index (κ2) is 10.2. The van der Waals surface area contributed by atoms with E-state index in [2.05, 4.69) is 46.8 Å². The number of hydrogen-bond acceptors (Lipinski definition) is 4. The third kappa shape index (κ3) is 6.66. The molecule has 0 aliphatic carbocycles. The van der Waals surface area contributed by atoms with Gasteiger partial charge in [-0.05, 0) is 62.4 Å². The molecule has 3 N–H and O–H groups in total. The number of carbonyl (C=O) groups excluding carboxylic acids is 2. The minimum atomic E-state index is -0.122. The van der Waals surface area contributed by atoms with E-state index in [1.165, 1.54) is 12.6 Å². The number of benzene rings is 2.